The molecule has 0 N–H and O–H groups in total. The van der Waals surface area contributed by atoms with Crippen molar-refractivity contribution in [3.63, 3.8) is 0 Å². The van der Waals surface area contributed by atoms with Crippen molar-refractivity contribution in [2.24, 2.45) is 10.8 Å². The van der Waals surface area contributed by atoms with E-state index in [4.69, 9.17) is 9.47 Å². The molecule has 0 amide bonds. The van der Waals surface area contributed by atoms with Gasteiger partial charge in [-0.1, -0.05) is 41.5 Å². The molecule has 0 spiro atoms. The second-order valence-electron chi connectivity index (χ2n) is 6.26. The van der Waals surface area contributed by atoms with Gasteiger partial charge in [0.25, 0.3) is 0 Å². The number of carbonyl (C=O) groups excluding carboxylic acids is 1. The van der Waals surface area contributed by atoms with Gasteiger partial charge in [-0.2, -0.15) is 0 Å². The highest BCUT2D eigenvalue weighted by Crippen LogP contribution is 2.18. The van der Waals surface area contributed by atoms with Crippen molar-refractivity contribution < 1.29 is 14.3 Å². The van der Waals surface area contributed by atoms with E-state index in [1.165, 1.54) is 0 Å². The first kappa shape index (κ1) is 14.3. The molecule has 0 aromatic heterocycles. The Morgan fingerprint density at radius 1 is 0.933 bits per heavy atom. The van der Waals surface area contributed by atoms with Crippen molar-refractivity contribution in [3.05, 3.63) is 0 Å². The minimum atomic E-state index is -0.561. The van der Waals surface area contributed by atoms with Crippen molar-refractivity contribution in [2.75, 3.05) is 13.2 Å². The van der Waals surface area contributed by atoms with Gasteiger partial charge in [-0.25, -0.2) is 4.79 Å². The summed E-state index contributed by atoms with van der Waals surface area (Å²) in [6.45, 7) is 13.2. The summed E-state index contributed by atoms with van der Waals surface area (Å²) in [6, 6.07) is 0. The first-order chi connectivity index (χ1) is 6.60. The van der Waals surface area contributed by atoms with Crippen LogP contribution in [0.2, 0.25) is 0 Å². The van der Waals surface area contributed by atoms with E-state index in [2.05, 4.69) is 20.8 Å². The standard InChI is InChI=1S/C12H24O3/c1-11(2,3)7-8-14-10(13)15-9-12(4,5)6/h7-9H2,1-6H3. The van der Waals surface area contributed by atoms with Crippen molar-refractivity contribution in [3.8, 4) is 0 Å². The van der Waals surface area contributed by atoms with E-state index in [1.54, 1.807) is 0 Å². The van der Waals surface area contributed by atoms with Crippen molar-refractivity contribution in [1.82, 2.24) is 0 Å². The van der Waals surface area contributed by atoms with Gasteiger partial charge >= 0.3 is 6.16 Å². The molecule has 3 heteroatoms. The van der Waals surface area contributed by atoms with Gasteiger partial charge in [-0.15, -0.1) is 0 Å². The minimum absolute atomic E-state index is 0.0109. The maximum absolute atomic E-state index is 11.1. The first-order valence-corrected chi connectivity index (χ1v) is 5.40. The molecule has 3 nitrogen and oxygen atoms in total. The van der Waals surface area contributed by atoms with Crippen LogP contribution < -0.4 is 0 Å². The van der Waals surface area contributed by atoms with Crippen LogP contribution in [0.5, 0.6) is 0 Å². The van der Waals surface area contributed by atoms with E-state index in [-0.39, 0.29) is 10.8 Å². The summed E-state index contributed by atoms with van der Waals surface area (Å²) in [5.41, 5.74) is 0.174. The molecule has 0 unspecified atom stereocenters. The third-order valence-electron chi connectivity index (χ3n) is 1.70. The second-order valence-corrected chi connectivity index (χ2v) is 6.26. The highest BCUT2D eigenvalue weighted by Gasteiger charge is 2.15. The fourth-order valence-electron chi connectivity index (χ4n) is 0.758. The lowest BCUT2D eigenvalue weighted by atomic mass is 9.93. The molecular formula is C12H24O3. The third-order valence-corrected chi connectivity index (χ3v) is 1.70. The number of ether oxygens (including phenoxy) is 2. The molecule has 0 aliphatic carbocycles. The van der Waals surface area contributed by atoms with Crippen molar-refractivity contribution in [1.29, 1.82) is 0 Å². The number of hydrogen-bond donors (Lipinski definition) is 0. The predicted octanol–water partition coefficient (Wildman–Crippen LogP) is 3.62. The van der Waals surface area contributed by atoms with Crippen LogP contribution in [0.3, 0.4) is 0 Å². The molecule has 0 saturated carbocycles. The van der Waals surface area contributed by atoms with Crippen molar-refractivity contribution in [2.45, 2.75) is 48.0 Å². The van der Waals surface area contributed by atoms with Gasteiger partial charge in [-0.3, -0.25) is 0 Å². The van der Waals surface area contributed by atoms with Crippen molar-refractivity contribution >= 4 is 6.16 Å². The van der Waals surface area contributed by atoms with Gasteiger partial charge in [0.05, 0.1) is 13.2 Å². The Balaban J connectivity index is 3.60. The fourth-order valence-corrected chi connectivity index (χ4v) is 0.758. The molecule has 0 rings (SSSR count). The largest absolute Gasteiger partial charge is 0.508 e. The Morgan fingerprint density at radius 3 is 1.87 bits per heavy atom. The Kier molecular flexibility index (Phi) is 5.12. The summed E-state index contributed by atoms with van der Waals surface area (Å²) in [6.07, 6.45) is 0.284. The summed E-state index contributed by atoms with van der Waals surface area (Å²) in [5.74, 6) is 0. The zero-order valence-electron chi connectivity index (χ0n) is 10.8. The Labute approximate surface area is 93.1 Å². The predicted molar refractivity (Wildman–Crippen MR) is 60.8 cm³/mol. The molecule has 0 aliphatic rings. The van der Waals surface area contributed by atoms with Crippen LogP contribution in [-0.4, -0.2) is 19.4 Å². The summed E-state index contributed by atoms with van der Waals surface area (Å²) in [5, 5.41) is 0. The summed E-state index contributed by atoms with van der Waals surface area (Å²) in [4.78, 5) is 11.1. The molecule has 0 aliphatic heterocycles. The molecule has 0 fully saturated rings. The van der Waals surface area contributed by atoms with E-state index < -0.39 is 6.16 Å². The smallest absolute Gasteiger partial charge is 0.434 e. The molecule has 0 heterocycles. The maximum atomic E-state index is 11.1. The molecule has 0 saturated heterocycles. The van der Waals surface area contributed by atoms with Crippen LogP contribution in [-0.2, 0) is 9.47 Å². The van der Waals surface area contributed by atoms with E-state index in [1.807, 2.05) is 20.8 Å². The van der Waals surface area contributed by atoms with Crippen LogP contribution in [0.4, 0.5) is 4.79 Å². The Morgan fingerprint density at radius 2 is 1.47 bits per heavy atom. The summed E-state index contributed by atoms with van der Waals surface area (Å²) >= 11 is 0. The molecular weight excluding hydrogens is 192 g/mol. The van der Waals surface area contributed by atoms with Gasteiger partial charge in [-0.05, 0) is 17.3 Å². The molecule has 90 valence electrons. The Hall–Kier alpha value is -0.730. The molecule has 0 aromatic rings. The zero-order valence-corrected chi connectivity index (χ0v) is 10.8. The van der Waals surface area contributed by atoms with Gasteiger partial charge in [0.1, 0.15) is 0 Å². The zero-order chi connectivity index (χ0) is 12.1. The lowest BCUT2D eigenvalue weighted by Gasteiger charge is -2.19. The lowest BCUT2D eigenvalue weighted by Crippen LogP contribution is -2.20. The Bertz CT molecular complexity index is 196. The van der Waals surface area contributed by atoms with Crippen LogP contribution >= 0.6 is 0 Å². The normalized spacial score (nSPS) is 12.4. The van der Waals surface area contributed by atoms with E-state index >= 15 is 0 Å². The highest BCUT2D eigenvalue weighted by atomic mass is 16.7. The van der Waals surface area contributed by atoms with Gasteiger partial charge in [0.2, 0.25) is 0 Å². The highest BCUT2D eigenvalue weighted by molar-refractivity contribution is 5.59. The average molecular weight is 216 g/mol. The van der Waals surface area contributed by atoms with E-state index in [0.29, 0.717) is 13.2 Å². The SMILES string of the molecule is CC(C)(C)CCOC(=O)OCC(C)(C)C. The summed E-state index contributed by atoms with van der Waals surface area (Å²) < 4.78 is 9.91. The monoisotopic (exact) mass is 216 g/mol. The molecule has 0 bridgehead atoms. The first-order valence-electron chi connectivity index (χ1n) is 5.40. The van der Waals surface area contributed by atoms with Gasteiger partial charge in [0.15, 0.2) is 0 Å². The molecule has 0 atom stereocenters. The van der Waals surface area contributed by atoms with Gasteiger partial charge in [0, 0.05) is 0 Å². The maximum Gasteiger partial charge on any atom is 0.508 e. The third kappa shape index (κ3) is 11.2. The number of carbonyl (C=O) groups is 1. The lowest BCUT2D eigenvalue weighted by molar-refractivity contribution is 0.0281. The minimum Gasteiger partial charge on any atom is -0.434 e. The van der Waals surface area contributed by atoms with E-state index in [9.17, 15) is 4.79 Å². The van der Waals surface area contributed by atoms with Crippen LogP contribution in [0.25, 0.3) is 0 Å². The topological polar surface area (TPSA) is 35.5 Å². The van der Waals surface area contributed by atoms with Gasteiger partial charge < -0.3 is 9.47 Å². The second kappa shape index (κ2) is 5.38. The summed E-state index contributed by atoms with van der Waals surface area (Å²) in [7, 11) is 0. The van der Waals surface area contributed by atoms with Crippen LogP contribution in [0.1, 0.15) is 48.0 Å². The van der Waals surface area contributed by atoms with Crippen LogP contribution in [0.15, 0.2) is 0 Å². The van der Waals surface area contributed by atoms with Crippen LogP contribution in [0, 0.1) is 10.8 Å². The molecule has 0 radical (unpaired) electrons. The quantitative estimate of drug-likeness (QED) is 0.676. The molecule has 15 heavy (non-hydrogen) atoms. The number of hydrogen-bond acceptors (Lipinski definition) is 3. The average Bonchev–Trinajstić information content (AvgIpc) is 1.97. The fraction of sp³-hybridized carbons (Fsp3) is 0.917. The number of rotatable bonds is 3. The van der Waals surface area contributed by atoms with E-state index in [0.717, 1.165) is 6.42 Å². The molecule has 0 aromatic carbocycles.